The Hall–Kier alpha value is -0.250. The summed E-state index contributed by atoms with van der Waals surface area (Å²) in [5.41, 5.74) is 2.12. The molecule has 20 heavy (non-hydrogen) atoms. The summed E-state index contributed by atoms with van der Waals surface area (Å²) in [4.78, 5) is 1.28. The van der Waals surface area contributed by atoms with Gasteiger partial charge in [-0.15, -0.1) is 11.3 Å². The first-order valence-electron chi connectivity index (χ1n) is 5.88. The molecule has 0 radical (unpaired) electrons. The number of nitrogens with one attached hydrogen (secondary N) is 2. The first kappa shape index (κ1) is 16.1. The molecule has 0 bridgehead atoms. The predicted octanol–water partition coefficient (Wildman–Crippen LogP) is 3.08. The van der Waals surface area contributed by atoms with Crippen molar-refractivity contribution in [3.05, 3.63) is 36.6 Å². The van der Waals surface area contributed by atoms with Crippen LogP contribution in [0.5, 0.6) is 0 Å². The summed E-state index contributed by atoms with van der Waals surface area (Å²) in [5.74, 6) is 0. The van der Waals surface area contributed by atoms with Crippen molar-refractivity contribution < 1.29 is 8.42 Å². The fourth-order valence-electron chi connectivity index (χ4n) is 1.66. The van der Waals surface area contributed by atoms with Crippen molar-refractivity contribution in [3.8, 4) is 0 Å². The van der Waals surface area contributed by atoms with Crippen LogP contribution in [0.4, 0.5) is 0 Å². The average Bonchev–Trinajstić information content (AvgIpc) is 2.94. The van der Waals surface area contributed by atoms with Gasteiger partial charge in [0.05, 0.1) is 3.79 Å². The van der Waals surface area contributed by atoms with Gasteiger partial charge < -0.3 is 5.32 Å². The van der Waals surface area contributed by atoms with Crippen molar-refractivity contribution in [2.75, 3.05) is 7.05 Å². The third kappa shape index (κ3) is 3.69. The molecule has 0 aliphatic rings. The number of halogens is 1. The van der Waals surface area contributed by atoms with Crippen molar-refractivity contribution in [2.45, 2.75) is 24.9 Å². The standard InChI is InChI=1S/C12H15BrN2O2S3/c1-8-6-18-7-9(8)4-15-20(16,17)11-3-10(5-14-2)19-12(11)13/h3,6-7,14-15H,4-5H2,1-2H3. The fourth-order valence-corrected chi connectivity index (χ4v) is 6.22. The van der Waals surface area contributed by atoms with Crippen LogP contribution in [0, 0.1) is 6.92 Å². The predicted molar refractivity (Wildman–Crippen MR) is 87.9 cm³/mol. The van der Waals surface area contributed by atoms with E-state index in [1.54, 1.807) is 17.4 Å². The SMILES string of the molecule is CNCc1cc(S(=O)(=O)NCc2cscc2C)c(Br)s1. The van der Waals surface area contributed by atoms with Gasteiger partial charge >= 0.3 is 0 Å². The molecule has 0 saturated carbocycles. The molecule has 110 valence electrons. The fraction of sp³-hybridized carbons (Fsp3) is 0.333. The monoisotopic (exact) mass is 394 g/mol. The minimum Gasteiger partial charge on any atom is -0.315 e. The highest BCUT2D eigenvalue weighted by atomic mass is 79.9. The number of hydrogen-bond acceptors (Lipinski definition) is 5. The van der Waals surface area contributed by atoms with Crippen LogP contribution < -0.4 is 10.0 Å². The second kappa shape index (κ2) is 6.67. The van der Waals surface area contributed by atoms with Gasteiger partial charge in [-0.25, -0.2) is 13.1 Å². The van der Waals surface area contributed by atoms with E-state index in [1.807, 2.05) is 24.7 Å². The maximum atomic E-state index is 12.3. The molecule has 0 atom stereocenters. The summed E-state index contributed by atoms with van der Waals surface area (Å²) in [7, 11) is -1.66. The summed E-state index contributed by atoms with van der Waals surface area (Å²) in [6.45, 7) is 2.95. The number of thiophene rings is 2. The van der Waals surface area contributed by atoms with Gasteiger partial charge in [0.2, 0.25) is 10.0 Å². The lowest BCUT2D eigenvalue weighted by Gasteiger charge is -2.05. The Bertz CT molecular complexity index is 691. The molecule has 4 nitrogen and oxygen atoms in total. The van der Waals surface area contributed by atoms with Crippen LogP contribution in [0.3, 0.4) is 0 Å². The van der Waals surface area contributed by atoms with Crippen molar-refractivity contribution in [3.63, 3.8) is 0 Å². The Labute approximate surface area is 135 Å². The molecular formula is C12H15BrN2O2S3. The van der Waals surface area contributed by atoms with E-state index in [0.717, 1.165) is 16.0 Å². The van der Waals surface area contributed by atoms with Crippen LogP contribution in [0.15, 0.2) is 25.5 Å². The third-order valence-corrected chi connectivity index (χ3v) is 7.32. The smallest absolute Gasteiger partial charge is 0.242 e. The zero-order chi connectivity index (χ0) is 14.8. The van der Waals surface area contributed by atoms with Gasteiger partial charge in [-0.2, -0.15) is 11.3 Å². The largest absolute Gasteiger partial charge is 0.315 e. The second-order valence-electron chi connectivity index (χ2n) is 4.29. The quantitative estimate of drug-likeness (QED) is 0.791. The minimum atomic E-state index is -3.49. The Balaban J connectivity index is 2.16. The van der Waals surface area contributed by atoms with Crippen LogP contribution in [0.25, 0.3) is 0 Å². The Kier molecular flexibility index (Phi) is 5.38. The highest BCUT2D eigenvalue weighted by Gasteiger charge is 2.20. The maximum Gasteiger partial charge on any atom is 0.242 e. The Morgan fingerprint density at radius 3 is 2.65 bits per heavy atom. The minimum absolute atomic E-state index is 0.306. The second-order valence-corrected chi connectivity index (χ2v) is 9.22. The molecule has 0 amide bonds. The first-order valence-corrected chi connectivity index (χ1v) is 9.91. The van der Waals surface area contributed by atoms with Crippen LogP contribution in [-0.4, -0.2) is 15.5 Å². The van der Waals surface area contributed by atoms with E-state index in [1.165, 1.54) is 11.3 Å². The molecule has 8 heteroatoms. The third-order valence-electron chi connectivity index (χ3n) is 2.76. The zero-order valence-electron chi connectivity index (χ0n) is 11.1. The van der Waals surface area contributed by atoms with Crippen LogP contribution >= 0.6 is 38.6 Å². The topological polar surface area (TPSA) is 58.2 Å². The number of sulfonamides is 1. The lowest BCUT2D eigenvalue weighted by Crippen LogP contribution is -2.23. The van der Waals surface area contributed by atoms with E-state index in [0.29, 0.717) is 21.8 Å². The van der Waals surface area contributed by atoms with Gasteiger partial charge in [-0.3, -0.25) is 0 Å². The van der Waals surface area contributed by atoms with Crippen LogP contribution in [-0.2, 0) is 23.1 Å². The maximum absolute atomic E-state index is 12.3. The molecule has 0 aromatic carbocycles. The van der Waals surface area contributed by atoms with Gasteiger partial charge in [0.25, 0.3) is 0 Å². The van der Waals surface area contributed by atoms with E-state index < -0.39 is 10.0 Å². The van der Waals surface area contributed by atoms with Gasteiger partial charge in [0.1, 0.15) is 4.90 Å². The molecule has 2 N–H and O–H groups in total. The lowest BCUT2D eigenvalue weighted by molar-refractivity contribution is 0.581. The molecule has 0 saturated heterocycles. The van der Waals surface area contributed by atoms with E-state index in [9.17, 15) is 8.42 Å². The van der Waals surface area contributed by atoms with E-state index in [4.69, 9.17) is 0 Å². The number of rotatable bonds is 6. The van der Waals surface area contributed by atoms with E-state index in [-0.39, 0.29) is 0 Å². The Morgan fingerprint density at radius 1 is 1.30 bits per heavy atom. The molecule has 0 aliphatic carbocycles. The highest BCUT2D eigenvalue weighted by Crippen LogP contribution is 2.31. The van der Waals surface area contributed by atoms with Crippen molar-refractivity contribution >= 4 is 48.6 Å². The molecular weight excluding hydrogens is 380 g/mol. The summed E-state index contributed by atoms with van der Waals surface area (Å²) >= 11 is 6.34. The van der Waals surface area contributed by atoms with Crippen molar-refractivity contribution in [1.82, 2.24) is 10.0 Å². The molecule has 2 aromatic heterocycles. The van der Waals surface area contributed by atoms with E-state index >= 15 is 0 Å². The highest BCUT2D eigenvalue weighted by molar-refractivity contribution is 9.11. The zero-order valence-corrected chi connectivity index (χ0v) is 15.1. The van der Waals surface area contributed by atoms with Gasteiger partial charge in [0, 0.05) is 18.0 Å². The first-order chi connectivity index (χ1) is 9.44. The van der Waals surface area contributed by atoms with Crippen LogP contribution in [0.1, 0.15) is 16.0 Å². The average molecular weight is 395 g/mol. The van der Waals surface area contributed by atoms with Gasteiger partial charge in [-0.1, -0.05) is 0 Å². The van der Waals surface area contributed by atoms with Crippen molar-refractivity contribution in [2.24, 2.45) is 0 Å². The molecule has 0 aliphatic heterocycles. The normalized spacial score (nSPS) is 11.9. The number of aryl methyl sites for hydroxylation is 1. The molecule has 2 aromatic rings. The van der Waals surface area contributed by atoms with Crippen molar-refractivity contribution in [1.29, 1.82) is 0 Å². The molecule has 0 spiro atoms. The summed E-state index contributed by atoms with van der Waals surface area (Å²) in [5, 5.41) is 6.99. The van der Waals surface area contributed by atoms with E-state index in [2.05, 4.69) is 26.0 Å². The molecule has 2 rings (SSSR count). The summed E-state index contributed by atoms with van der Waals surface area (Å²) in [6.07, 6.45) is 0. The lowest BCUT2D eigenvalue weighted by atomic mass is 10.2. The molecule has 0 fully saturated rings. The summed E-state index contributed by atoms with van der Waals surface area (Å²) in [6, 6.07) is 1.70. The van der Waals surface area contributed by atoms with Gasteiger partial charge in [0.15, 0.2) is 0 Å². The number of hydrogen-bond donors (Lipinski definition) is 2. The molecule has 2 heterocycles. The molecule has 0 unspecified atom stereocenters. The van der Waals surface area contributed by atoms with Gasteiger partial charge in [-0.05, 0) is 57.9 Å². The Morgan fingerprint density at radius 2 is 2.05 bits per heavy atom. The summed E-state index contributed by atoms with van der Waals surface area (Å²) < 4.78 is 27.9. The van der Waals surface area contributed by atoms with Crippen LogP contribution in [0.2, 0.25) is 0 Å².